The van der Waals surface area contributed by atoms with Crippen molar-refractivity contribution in [3.05, 3.63) is 11.3 Å². The molecule has 0 spiro atoms. The molecule has 0 aliphatic carbocycles. The monoisotopic (exact) mass is 225 g/mol. The fourth-order valence-corrected chi connectivity index (χ4v) is 1.45. The van der Waals surface area contributed by atoms with Crippen molar-refractivity contribution in [2.75, 3.05) is 13.1 Å². The van der Waals surface area contributed by atoms with Gasteiger partial charge >= 0.3 is 6.09 Å². The van der Waals surface area contributed by atoms with E-state index in [1.807, 2.05) is 20.8 Å². The smallest absolute Gasteiger partial charge is 0.410 e. The highest BCUT2D eigenvalue weighted by Crippen LogP contribution is 2.17. The van der Waals surface area contributed by atoms with Crippen LogP contribution in [0, 0.1) is 5.41 Å². The molecule has 3 N–H and O–H groups in total. The Bertz CT molecular complexity index is 349. The van der Waals surface area contributed by atoms with Crippen LogP contribution in [0.2, 0.25) is 0 Å². The molecule has 1 heterocycles. The summed E-state index contributed by atoms with van der Waals surface area (Å²) in [5.74, 6) is 0. The van der Waals surface area contributed by atoms with Gasteiger partial charge in [0.25, 0.3) is 0 Å². The molecule has 0 saturated carbocycles. The largest absolute Gasteiger partial charge is 0.444 e. The highest BCUT2D eigenvalue weighted by Gasteiger charge is 2.30. The van der Waals surface area contributed by atoms with Crippen molar-refractivity contribution in [2.45, 2.75) is 33.3 Å². The number of carbonyl (C=O) groups excluding carboxylic acids is 1. The van der Waals surface area contributed by atoms with Crippen molar-refractivity contribution in [1.29, 1.82) is 5.41 Å². The number of hydrogen-bond donors (Lipinski definition) is 2. The summed E-state index contributed by atoms with van der Waals surface area (Å²) in [6, 6.07) is 0. The fraction of sp³-hybridized carbons (Fsp3) is 0.636. The normalized spacial score (nSPS) is 20.0. The Hall–Kier alpha value is -1.52. The van der Waals surface area contributed by atoms with Gasteiger partial charge in [0.05, 0.1) is 18.8 Å². The van der Waals surface area contributed by atoms with Gasteiger partial charge in [0.1, 0.15) is 5.60 Å². The lowest BCUT2D eigenvalue weighted by Gasteiger charge is -2.23. The van der Waals surface area contributed by atoms with Gasteiger partial charge in [-0.3, -0.25) is 4.90 Å². The van der Waals surface area contributed by atoms with Gasteiger partial charge in [0, 0.05) is 11.3 Å². The number of nitrogens with one attached hydrogen (secondary N) is 1. The third kappa shape index (κ3) is 2.98. The Morgan fingerprint density at radius 1 is 1.44 bits per heavy atom. The van der Waals surface area contributed by atoms with Crippen LogP contribution in [0.5, 0.6) is 0 Å². The maximum Gasteiger partial charge on any atom is 0.410 e. The van der Waals surface area contributed by atoms with Crippen LogP contribution in [0.1, 0.15) is 27.7 Å². The van der Waals surface area contributed by atoms with E-state index < -0.39 is 11.7 Å². The maximum absolute atomic E-state index is 11.7. The van der Waals surface area contributed by atoms with Crippen LogP contribution in [0.4, 0.5) is 4.79 Å². The minimum Gasteiger partial charge on any atom is -0.444 e. The zero-order valence-corrected chi connectivity index (χ0v) is 10.3. The number of rotatable bonds is 0. The molecule has 1 rings (SSSR count). The molecule has 16 heavy (non-hydrogen) atoms. The van der Waals surface area contributed by atoms with Crippen molar-refractivity contribution >= 4 is 11.8 Å². The average molecular weight is 225 g/mol. The molecule has 5 heteroatoms. The van der Waals surface area contributed by atoms with E-state index in [0.29, 0.717) is 18.0 Å². The molecule has 0 bridgehead atoms. The Balaban J connectivity index is 2.70. The zero-order chi connectivity index (χ0) is 12.5. The van der Waals surface area contributed by atoms with Gasteiger partial charge in [-0.25, -0.2) is 4.79 Å². The van der Waals surface area contributed by atoms with E-state index in [1.165, 1.54) is 4.90 Å². The molecule has 0 aromatic carbocycles. The van der Waals surface area contributed by atoms with Crippen molar-refractivity contribution in [3.8, 4) is 0 Å². The number of nitrogens with zero attached hydrogens (tertiary/aromatic N) is 1. The second-order valence-corrected chi connectivity index (χ2v) is 4.98. The summed E-state index contributed by atoms with van der Waals surface area (Å²) < 4.78 is 5.22. The van der Waals surface area contributed by atoms with Crippen LogP contribution in [-0.2, 0) is 4.74 Å². The Labute approximate surface area is 95.8 Å². The lowest BCUT2D eigenvalue weighted by atomic mass is 10.2. The van der Waals surface area contributed by atoms with Crippen molar-refractivity contribution in [2.24, 2.45) is 5.73 Å². The molecule has 0 atom stereocenters. The Morgan fingerprint density at radius 2 is 2.00 bits per heavy atom. The zero-order valence-electron chi connectivity index (χ0n) is 10.3. The van der Waals surface area contributed by atoms with E-state index in [9.17, 15) is 4.79 Å². The molecule has 0 radical (unpaired) electrons. The van der Waals surface area contributed by atoms with E-state index in [0.717, 1.165) is 5.57 Å². The van der Waals surface area contributed by atoms with Crippen LogP contribution in [0.3, 0.4) is 0 Å². The van der Waals surface area contributed by atoms with Crippen molar-refractivity contribution in [3.63, 3.8) is 0 Å². The first-order valence-electron chi connectivity index (χ1n) is 5.21. The van der Waals surface area contributed by atoms with Crippen molar-refractivity contribution in [1.82, 2.24) is 4.90 Å². The minimum atomic E-state index is -0.510. The molecule has 1 amide bonds. The standard InChI is InChI=1S/C11H19N3O2/c1-7(12)8-5-14(6-9(8)13)10(15)16-11(2,3)4/h13H,5-6,12H2,1-4H3. The fourth-order valence-electron chi connectivity index (χ4n) is 1.45. The predicted octanol–water partition coefficient (Wildman–Crippen LogP) is 1.49. The maximum atomic E-state index is 11.7. The number of likely N-dealkylation sites (tertiary alicyclic amines) is 1. The summed E-state index contributed by atoms with van der Waals surface area (Å²) in [6.07, 6.45) is -0.395. The molecule has 1 saturated heterocycles. The van der Waals surface area contributed by atoms with Crippen LogP contribution in [0.25, 0.3) is 0 Å². The van der Waals surface area contributed by atoms with Gasteiger partial charge in [-0.2, -0.15) is 0 Å². The summed E-state index contributed by atoms with van der Waals surface area (Å²) in [7, 11) is 0. The molecular weight excluding hydrogens is 206 g/mol. The van der Waals surface area contributed by atoms with E-state index in [-0.39, 0.29) is 6.54 Å². The van der Waals surface area contributed by atoms with Gasteiger partial charge in [0.15, 0.2) is 0 Å². The predicted molar refractivity (Wildman–Crippen MR) is 62.4 cm³/mol. The highest BCUT2D eigenvalue weighted by atomic mass is 16.6. The first-order chi connectivity index (χ1) is 7.20. The first kappa shape index (κ1) is 12.5. The van der Waals surface area contributed by atoms with E-state index in [4.69, 9.17) is 15.9 Å². The Kier molecular flexibility index (Phi) is 3.26. The number of allylic oxidation sites excluding steroid dienone is 1. The third-order valence-electron chi connectivity index (χ3n) is 2.19. The van der Waals surface area contributed by atoms with Gasteiger partial charge in [0.2, 0.25) is 0 Å². The number of amides is 1. The number of nitrogens with two attached hydrogens (primary N) is 1. The minimum absolute atomic E-state index is 0.277. The summed E-state index contributed by atoms with van der Waals surface area (Å²) in [4.78, 5) is 13.2. The second kappa shape index (κ2) is 4.15. The summed E-state index contributed by atoms with van der Waals surface area (Å²) in [6.45, 7) is 7.84. The molecule has 0 unspecified atom stereocenters. The summed E-state index contributed by atoms with van der Waals surface area (Å²) in [5.41, 5.74) is 6.84. The second-order valence-electron chi connectivity index (χ2n) is 4.98. The van der Waals surface area contributed by atoms with Crippen LogP contribution in [0.15, 0.2) is 11.3 Å². The summed E-state index contributed by atoms with van der Waals surface area (Å²) in [5, 5.41) is 7.70. The molecule has 1 fully saturated rings. The lowest BCUT2D eigenvalue weighted by molar-refractivity contribution is 0.0309. The van der Waals surface area contributed by atoms with E-state index >= 15 is 0 Å². The van der Waals surface area contributed by atoms with Gasteiger partial charge < -0.3 is 15.9 Å². The van der Waals surface area contributed by atoms with Crippen molar-refractivity contribution < 1.29 is 9.53 Å². The number of ether oxygens (including phenoxy) is 1. The highest BCUT2D eigenvalue weighted by molar-refractivity contribution is 6.04. The lowest BCUT2D eigenvalue weighted by Crippen LogP contribution is -2.35. The molecule has 1 aliphatic heterocycles. The molecule has 5 nitrogen and oxygen atoms in total. The van der Waals surface area contributed by atoms with E-state index in [1.54, 1.807) is 6.92 Å². The van der Waals surface area contributed by atoms with Crippen LogP contribution in [-0.4, -0.2) is 35.4 Å². The van der Waals surface area contributed by atoms with Gasteiger partial charge in [-0.1, -0.05) is 0 Å². The Morgan fingerprint density at radius 3 is 2.38 bits per heavy atom. The molecule has 0 aromatic heterocycles. The number of carbonyl (C=O) groups is 1. The van der Waals surface area contributed by atoms with Crippen LogP contribution >= 0.6 is 0 Å². The quantitative estimate of drug-likeness (QED) is 0.655. The molecular formula is C11H19N3O2. The van der Waals surface area contributed by atoms with Gasteiger partial charge in [-0.05, 0) is 27.7 Å². The average Bonchev–Trinajstić information content (AvgIpc) is 2.44. The first-order valence-corrected chi connectivity index (χ1v) is 5.21. The molecule has 0 aromatic rings. The third-order valence-corrected chi connectivity index (χ3v) is 2.19. The van der Waals surface area contributed by atoms with E-state index in [2.05, 4.69) is 0 Å². The van der Waals surface area contributed by atoms with Crippen LogP contribution < -0.4 is 5.73 Å². The molecule has 90 valence electrons. The number of hydrogen-bond acceptors (Lipinski definition) is 4. The topological polar surface area (TPSA) is 79.4 Å². The SMILES string of the molecule is CC(N)=C1CN(C(=O)OC(C)(C)C)CC1=N. The molecule has 1 aliphatic rings. The van der Waals surface area contributed by atoms with Gasteiger partial charge in [-0.15, -0.1) is 0 Å². The summed E-state index contributed by atoms with van der Waals surface area (Å²) >= 11 is 0.